The zero-order chi connectivity index (χ0) is 14.5. The third-order valence-electron chi connectivity index (χ3n) is 3.10. The Morgan fingerprint density at radius 2 is 1.90 bits per heavy atom. The SMILES string of the molecule is COc1cc(COc2ccc(Br)cc2C)ccc1CN. The maximum absolute atomic E-state index is 5.84. The molecule has 0 aliphatic carbocycles. The quantitative estimate of drug-likeness (QED) is 0.903. The summed E-state index contributed by atoms with van der Waals surface area (Å²) in [6, 6.07) is 11.9. The summed E-state index contributed by atoms with van der Waals surface area (Å²) in [4.78, 5) is 0. The summed E-state index contributed by atoms with van der Waals surface area (Å²) in [7, 11) is 1.65. The lowest BCUT2D eigenvalue weighted by atomic mass is 10.1. The molecule has 0 saturated heterocycles. The number of hydrogen-bond donors (Lipinski definition) is 1. The largest absolute Gasteiger partial charge is 0.496 e. The van der Waals surface area contributed by atoms with Gasteiger partial charge in [0, 0.05) is 16.6 Å². The highest BCUT2D eigenvalue weighted by atomic mass is 79.9. The molecular weight excluding hydrogens is 318 g/mol. The van der Waals surface area contributed by atoms with Crippen LogP contribution < -0.4 is 15.2 Å². The number of aryl methyl sites for hydroxylation is 1. The van der Waals surface area contributed by atoms with Crippen molar-refractivity contribution in [1.82, 2.24) is 0 Å². The molecule has 3 nitrogen and oxygen atoms in total. The molecule has 2 rings (SSSR count). The molecule has 0 unspecified atom stereocenters. The van der Waals surface area contributed by atoms with Crippen molar-refractivity contribution in [2.45, 2.75) is 20.1 Å². The first kappa shape index (κ1) is 14.9. The van der Waals surface area contributed by atoms with Crippen molar-refractivity contribution in [1.29, 1.82) is 0 Å². The fourth-order valence-electron chi connectivity index (χ4n) is 1.98. The molecule has 2 N–H and O–H groups in total. The minimum absolute atomic E-state index is 0.468. The molecule has 0 radical (unpaired) electrons. The summed E-state index contributed by atoms with van der Waals surface area (Å²) in [6.07, 6.45) is 0. The molecule has 0 heterocycles. The molecule has 0 amide bonds. The smallest absolute Gasteiger partial charge is 0.123 e. The molecule has 0 saturated carbocycles. The van der Waals surface area contributed by atoms with Crippen LogP contribution in [-0.2, 0) is 13.2 Å². The molecule has 2 aromatic carbocycles. The highest BCUT2D eigenvalue weighted by Crippen LogP contribution is 2.24. The van der Waals surface area contributed by atoms with Crippen LogP contribution in [0.25, 0.3) is 0 Å². The second kappa shape index (κ2) is 6.77. The average molecular weight is 336 g/mol. The lowest BCUT2D eigenvalue weighted by molar-refractivity contribution is 0.303. The Labute approximate surface area is 127 Å². The van der Waals surface area contributed by atoms with Crippen molar-refractivity contribution in [2.75, 3.05) is 7.11 Å². The van der Waals surface area contributed by atoms with Crippen molar-refractivity contribution in [2.24, 2.45) is 5.73 Å². The maximum atomic E-state index is 5.84. The molecule has 0 spiro atoms. The Hall–Kier alpha value is -1.52. The predicted molar refractivity (Wildman–Crippen MR) is 84.1 cm³/mol. The topological polar surface area (TPSA) is 44.5 Å². The zero-order valence-corrected chi connectivity index (χ0v) is 13.2. The van der Waals surface area contributed by atoms with E-state index in [0.29, 0.717) is 13.2 Å². The van der Waals surface area contributed by atoms with Gasteiger partial charge in [0.15, 0.2) is 0 Å². The number of ether oxygens (including phenoxy) is 2. The van der Waals surface area contributed by atoms with Crippen LogP contribution in [0.15, 0.2) is 40.9 Å². The summed E-state index contributed by atoms with van der Waals surface area (Å²) in [5, 5.41) is 0. The van der Waals surface area contributed by atoms with Crippen LogP contribution in [0, 0.1) is 6.92 Å². The Balaban J connectivity index is 2.10. The predicted octanol–water partition coefficient (Wildman–Crippen LogP) is 3.80. The lowest BCUT2D eigenvalue weighted by Crippen LogP contribution is -2.02. The van der Waals surface area contributed by atoms with Gasteiger partial charge in [-0.1, -0.05) is 28.1 Å². The van der Waals surface area contributed by atoms with Crippen LogP contribution in [-0.4, -0.2) is 7.11 Å². The van der Waals surface area contributed by atoms with Gasteiger partial charge in [0.05, 0.1) is 7.11 Å². The second-order valence-corrected chi connectivity index (χ2v) is 5.46. The van der Waals surface area contributed by atoms with Crippen molar-refractivity contribution >= 4 is 15.9 Å². The van der Waals surface area contributed by atoms with Gasteiger partial charge in [0.25, 0.3) is 0 Å². The third-order valence-corrected chi connectivity index (χ3v) is 3.60. The van der Waals surface area contributed by atoms with E-state index in [1.54, 1.807) is 7.11 Å². The Morgan fingerprint density at radius 3 is 2.55 bits per heavy atom. The molecule has 0 aliphatic rings. The number of nitrogens with two attached hydrogens (primary N) is 1. The standard InChI is InChI=1S/C16H18BrNO2/c1-11-7-14(17)5-6-15(11)20-10-12-3-4-13(9-18)16(8-12)19-2/h3-8H,9-10,18H2,1-2H3. The first-order chi connectivity index (χ1) is 9.63. The van der Waals surface area contributed by atoms with E-state index in [2.05, 4.69) is 15.9 Å². The lowest BCUT2D eigenvalue weighted by Gasteiger charge is -2.12. The van der Waals surface area contributed by atoms with Crippen LogP contribution in [0.1, 0.15) is 16.7 Å². The molecule has 4 heteroatoms. The third kappa shape index (κ3) is 3.52. The maximum Gasteiger partial charge on any atom is 0.123 e. The van der Waals surface area contributed by atoms with E-state index in [9.17, 15) is 0 Å². The molecular formula is C16H18BrNO2. The van der Waals surface area contributed by atoms with E-state index in [-0.39, 0.29) is 0 Å². The van der Waals surface area contributed by atoms with E-state index in [4.69, 9.17) is 15.2 Å². The van der Waals surface area contributed by atoms with Crippen LogP contribution in [0.3, 0.4) is 0 Å². The monoisotopic (exact) mass is 335 g/mol. The van der Waals surface area contributed by atoms with Gasteiger partial charge < -0.3 is 15.2 Å². The fourth-order valence-corrected chi connectivity index (χ4v) is 2.46. The summed E-state index contributed by atoms with van der Waals surface area (Å²) in [5.41, 5.74) is 8.81. The fraction of sp³-hybridized carbons (Fsp3) is 0.250. The molecule has 20 heavy (non-hydrogen) atoms. The first-order valence-corrected chi connectivity index (χ1v) is 7.18. The number of benzene rings is 2. The first-order valence-electron chi connectivity index (χ1n) is 6.39. The van der Waals surface area contributed by atoms with Gasteiger partial charge in [-0.3, -0.25) is 0 Å². The highest BCUT2D eigenvalue weighted by Gasteiger charge is 2.05. The average Bonchev–Trinajstić information content (AvgIpc) is 2.46. The van der Waals surface area contributed by atoms with Gasteiger partial charge in [-0.05, 0) is 42.3 Å². The van der Waals surface area contributed by atoms with Gasteiger partial charge in [-0.15, -0.1) is 0 Å². The van der Waals surface area contributed by atoms with E-state index in [1.165, 1.54) is 0 Å². The summed E-state index contributed by atoms with van der Waals surface area (Å²) in [6.45, 7) is 3.00. The van der Waals surface area contributed by atoms with Gasteiger partial charge >= 0.3 is 0 Å². The Kier molecular flexibility index (Phi) is 5.04. The number of rotatable bonds is 5. The number of hydrogen-bond acceptors (Lipinski definition) is 3. The molecule has 0 aromatic heterocycles. The Bertz CT molecular complexity index is 599. The van der Waals surface area contributed by atoms with Crippen molar-refractivity contribution in [3.8, 4) is 11.5 Å². The van der Waals surface area contributed by atoms with Crippen molar-refractivity contribution in [3.63, 3.8) is 0 Å². The van der Waals surface area contributed by atoms with Crippen LogP contribution in [0.2, 0.25) is 0 Å². The molecule has 106 valence electrons. The second-order valence-electron chi connectivity index (χ2n) is 4.55. The van der Waals surface area contributed by atoms with Gasteiger partial charge in [-0.2, -0.15) is 0 Å². The minimum atomic E-state index is 0.468. The van der Waals surface area contributed by atoms with Gasteiger partial charge in [0.1, 0.15) is 18.1 Å². The molecule has 2 aromatic rings. The molecule has 0 atom stereocenters. The van der Waals surface area contributed by atoms with Crippen molar-refractivity contribution < 1.29 is 9.47 Å². The van der Waals surface area contributed by atoms with E-state index in [1.807, 2.05) is 43.3 Å². The van der Waals surface area contributed by atoms with E-state index >= 15 is 0 Å². The zero-order valence-electron chi connectivity index (χ0n) is 11.7. The van der Waals surface area contributed by atoms with Crippen molar-refractivity contribution in [3.05, 3.63) is 57.6 Å². The summed E-state index contributed by atoms with van der Waals surface area (Å²) < 4.78 is 12.2. The summed E-state index contributed by atoms with van der Waals surface area (Å²) >= 11 is 3.44. The molecule has 0 fully saturated rings. The molecule has 0 aliphatic heterocycles. The van der Waals surface area contributed by atoms with Crippen LogP contribution in [0.5, 0.6) is 11.5 Å². The normalized spacial score (nSPS) is 10.4. The van der Waals surface area contributed by atoms with Crippen LogP contribution in [0.4, 0.5) is 0 Å². The Morgan fingerprint density at radius 1 is 1.10 bits per heavy atom. The van der Waals surface area contributed by atoms with Gasteiger partial charge in [-0.25, -0.2) is 0 Å². The van der Waals surface area contributed by atoms with E-state index in [0.717, 1.165) is 32.7 Å². The van der Waals surface area contributed by atoms with Gasteiger partial charge in [0.2, 0.25) is 0 Å². The number of halogens is 1. The minimum Gasteiger partial charge on any atom is -0.496 e. The van der Waals surface area contributed by atoms with Crippen LogP contribution >= 0.6 is 15.9 Å². The number of methoxy groups -OCH3 is 1. The molecule has 0 bridgehead atoms. The summed E-state index contributed by atoms with van der Waals surface area (Å²) in [5.74, 6) is 1.69. The van der Waals surface area contributed by atoms with E-state index < -0.39 is 0 Å². The highest BCUT2D eigenvalue weighted by molar-refractivity contribution is 9.10.